The number of aromatic nitrogens is 1. The largest absolute Gasteiger partial charge is 0.456 e. The molecule has 0 unspecified atom stereocenters. The molecule has 0 aliphatic rings. The van der Waals surface area contributed by atoms with Gasteiger partial charge in [-0.05, 0) is 133 Å². The summed E-state index contributed by atoms with van der Waals surface area (Å²) in [5, 5.41) is 9.68. The molecule has 0 aliphatic heterocycles. The molecule has 0 fully saturated rings. The number of hydrogen-bond acceptors (Lipinski definition) is 2. The van der Waals surface area contributed by atoms with Crippen molar-refractivity contribution in [3.05, 3.63) is 267 Å². The van der Waals surface area contributed by atoms with Gasteiger partial charge >= 0.3 is 0 Å². The third-order valence-electron chi connectivity index (χ3n) is 14.4. The van der Waals surface area contributed by atoms with Crippen LogP contribution in [0.4, 0.5) is 17.1 Å². The second-order valence-corrected chi connectivity index (χ2v) is 18.4. The third kappa shape index (κ3) is 6.89. The Morgan fingerprint density at radius 3 is 1.46 bits per heavy atom. The number of anilines is 3. The summed E-state index contributed by atoms with van der Waals surface area (Å²) >= 11 is 0. The zero-order valence-corrected chi connectivity index (χ0v) is 38.7. The van der Waals surface area contributed by atoms with Crippen molar-refractivity contribution in [2.45, 2.75) is 0 Å². The molecule has 12 aromatic carbocycles. The zero-order chi connectivity index (χ0) is 46.8. The second kappa shape index (κ2) is 16.7. The van der Waals surface area contributed by atoms with E-state index < -0.39 is 0 Å². The minimum atomic E-state index is 0.896. The van der Waals surface area contributed by atoms with Crippen molar-refractivity contribution in [2.75, 3.05) is 4.90 Å². The van der Waals surface area contributed by atoms with E-state index in [9.17, 15) is 0 Å². The normalized spacial score (nSPS) is 11.7. The Kier molecular flexibility index (Phi) is 9.53. The lowest BCUT2D eigenvalue weighted by Gasteiger charge is -2.28. The number of para-hydroxylation sites is 3. The van der Waals surface area contributed by atoms with Crippen molar-refractivity contribution in [3.8, 4) is 50.2 Å². The lowest BCUT2D eigenvalue weighted by Crippen LogP contribution is -2.10. The molecule has 14 rings (SSSR count). The molecule has 3 heteroatoms. The van der Waals surface area contributed by atoms with E-state index >= 15 is 0 Å². The van der Waals surface area contributed by atoms with Crippen molar-refractivity contribution in [3.63, 3.8) is 0 Å². The number of hydrogen-bond donors (Lipinski definition) is 0. The van der Waals surface area contributed by atoms with E-state index in [0.717, 1.165) is 66.9 Å². The molecule has 0 amide bonds. The Hall–Kier alpha value is -9.44. The molecule has 71 heavy (non-hydrogen) atoms. The van der Waals surface area contributed by atoms with Gasteiger partial charge in [0.25, 0.3) is 0 Å². The van der Waals surface area contributed by atoms with Crippen LogP contribution in [0.1, 0.15) is 0 Å². The van der Waals surface area contributed by atoms with Crippen LogP contribution in [0.3, 0.4) is 0 Å². The van der Waals surface area contributed by atoms with Gasteiger partial charge in [0.15, 0.2) is 0 Å². The average molecular weight is 905 g/mol. The monoisotopic (exact) mass is 904 g/mol. The van der Waals surface area contributed by atoms with Gasteiger partial charge in [0.2, 0.25) is 0 Å². The second-order valence-electron chi connectivity index (χ2n) is 18.4. The minimum Gasteiger partial charge on any atom is -0.456 e. The van der Waals surface area contributed by atoms with Gasteiger partial charge in [-0.3, -0.25) is 0 Å². The van der Waals surface area contributed by atoms with E-state index in [1.54, 1.807) is 0 Å². The van der Waals surface area contributed by atoms with E-state index in [1.807, 2.05) is 12.1 Å². The highest BCUT2D eigenvalue weighted by Gasteiger charge is 2.19. The Labute approximate surface area is 411 Å². The van der Waals surface area contributed by atoms with Crippen LogP contribution in [-0.4, -0.2) is 4.57 Å². The van der Waals surface area contributed by atoms with Gasteiger partial charge in [0.1, 0.15) is 11.2 Å². The molecule has 2 aromatic heterocycles. The van der Waals surface area contributed by atoms with Gasteiger partial charge in [-0.15, -0.1) is 0 Å². The van der Waals surface area contributed by atoms with Crippen LogP contribution in [0.5, 0.6) is 0 Å². The molecular formula is C68H44N2O. The first kappa shape index (κ1) is 40.6. The van der Waals surface area contributed by atoms with Crippen LogP contribution in [0.2, 0.25) is 0 Å². The fraction of sp³-hybridized carbons (Fsp3) is 0. The standard InChI is InChI=1S/C68H44N2O/c1-2-19-57-50(14-1)43-66(59-21-6-5-20-58(57)59)69(53-39-34-48(35-40-53)55-17-3-4-18-56(55)51-36-41-63-62-24-9-12-27-67(62)71-68(63)44-51)52-37-32-46(33-38-52)45-28-30-47(31-29-45)49-15-13-16-54(42-49)70-64-25-10-7-22-60(64)61-23-8-11-26-65(61)70/h1-44H. The first-order valence-electron chi connectivity index (χ1n) is 24.3. The summed E-state index contributed by atoms with van der Waals surface area (Å²) in [5.74, 6) is 0. The maximum absolute atomic E-state index is 6.33. The van der Waals surface area contributed by atoms with E-state index in [1.165, 1.54) is 65.6 Å². The molecule has 0 atom stereocenters. The van der Waals surface area contributed by atoms with Gasteiger partial charge in [0, 0.05) is 44.0 Å². The Morgan fingerprint density at radius 2 is 0.775 bits per heavy atom. The summed E-state index contributed by atoms with van der Waals surface area (Å²) in [7, 11) is 0. The molecule has 0 radical (unpaired) electrons. The first-order chi connectivity index (χ1) is 35.2. The summed E-state index contributed by atoms with van der Waals surface area (Å²) in [5.41, 5.74) is 18.0. The summed E-state index contributed by atoms with van der Waals surface area (Å²) in [6.45, 7) is 0. The molecule has 0 N–H and O–H groups in total. The van der Waals surface area contributed by atoms with Crippen molar-refractivity contribution in [1.29, 1.82) is 0 Å². The van der Waals surface area contributed by atoms with Gasteiger partial charge in [-0.25, -0.2) is 0 Å². The Bertz CT molecular complexity index is 4280. The van der Waals surface area contributed by atoms with Crippen molar-refractivity contribution >= 4 is 82.4 Å². The van der Waals surface area contributed by atoms with Crippen LogP contribution in [-0.2, 0) is 0 Å². The summed E-state index contributed by atoms with van der Waals surface area (Å²) in [6.07, 6.45) is 0. The van der Waals surface area contributed by atoms with Crippen LogP contribution in [0, 0.1) is 0 Å². The zero-order valence-electron chi connectivity index (χ0n) is 38.7. The van der Waals surface area contributed by atoms with Gasteiger partial charge in [0.05, 0.1) is 16.7 Å². The lowest BCUT2D eigenvalue weighted by atomic mass is 9.93. The molecule has 0 aliphatic carbocycles. The quantitative estimate of drug-likeness (QED) is 0.142. The van der Waals surface area contributed by atoms with Crippen LogP contribution in [0.25, 0.3) is 115 Å². The molecule has 0 saturated carbocycles. The Morgan fingerprint density at radius 1 is 0.282 bits per heavy atom. The van der Waals surface area contributed by atoms with Gasteiger partial charge in [-0.1, -0.05) is 194 Å². The molecule has 0 bridgehead atoms. The molecule has 14 aromatic rings. The van der Waals surface area contributed by atoms with Gasteiger partial charge < -0.3 is 13.9 Å². The van der Waals surface area contributed by atoms with E-state index in [4.69, 9.17) is 4.42 Å². The molecule has 0 saturated heterocycles. The van der Waals surface area contributed by atoms with E-state index in [0.29, 0.717) is 0 Å². The third-order valence-corrected chi connectivity index (χ3v) is 14.4. The predicted octanol–water partition coefficient (Wildman–Crippen LogP) is 19.1. The Balaban J connectivity index is 0.817. The molecule has 332 valence electrons. The highest BCUT2D eigenvalue weighted by Crippen LogP contribution is 2.44. The van der Waals surface area contributed by atoms with E-state index in [2.05, 4.69) is 264 Å². The van der Waals surface area contributed by atoms with Crippen molar-refractivity contribution in [2.24, 2.45) is 0 Å². The molecule has 0 spiro atoms. The SMILES string of the molecule is c1cc(-c2ccc(-c3ccc(N(c4ccc(-c5ccccc5-c5ccc6c(c5)oc5ccccc56)cc4)c4cc5ccccc5c5ccccc45)cc3)cc2)cc(-n2c3ccccc3c3ccccc32)c1. The fourth-order valence-electron chi connectivity index (χ4n) is 11.0. The number of nitrogens with zero attached hydrogens (tertiary/aromatic N) is 2. The number of furan rings is 1. The first-order valence-corrected chi connectivity index (χ1v) is 24.3. The summed E-state index contributed by atoms with van der Waals surface area (Å²) < 4.78 is 8.71. The smallest absolute Gasteiger partial charge is 0.136 e. The summed E-state index contributed by atoms with van der Waals surface area (Å²) in [6, 6.07) is 96.7. The molecular weight excluding hydrogens is 861 g/mol. The topological polar surface area (TPSA) is 21.3 Å². The minimum absolute atomic E-state index is 0.896. The van der Waals surface area contributed by atoms with Crippen molar-refractivity contribution in [1.82, 2.24) is 4.57 Å². The maximum atomic E-state index is 6.33. The number of fused-ring (bicyclic) bond motifs is 9. The lowest BCUT2D eigenvalue weighted by molar-refractivity contribution is 0.669. The van der Waals surface area contributed by atoms with Crippen molar-refractivity contribution < 1.29 is 4.42 Å². The summed E-state index contributed by atoms with van der Waals surface area (Å²) in [4.78, 5) is 2.41. The fourth-order valence-corrected chi connectivity index (χ4v) is 11.0. The average Bonchev–Trinajstić information content (AvgIpc) is 3.99. The van der Waals surface area contributed by atoms with Gasteiger partial charge in [-0.2, -0.15) is 0 Å². The molecule has 3 nitrogen and oxygen atoms in total. The van der Waals surface area contributed by atoms with Crippen LogP contribution in [0.15, 0.2) is 271 Å². The highest BCUT2D eigenvalue weighted by atomic mass is 16.3. The number of benzene rings is 12. The molecule has 2 heterocycles. The number of rotatable bonds is 8. The van der Waals surface area contributed by atoms with Crippen LogP contribution < -0.4 is 4.90 Å². The van der Waals surface area contributed by atoms with Crippen LogP contribution >= 0.6 is 0 Å². The maximum Gasteiger partial charge on any atom is 0.136 e. The predicted molar refractivity (Wildman–Crippen MR) is 299 cm³/mol. The van der Waals surface area contributed by atoms with E-state index in [-0.39, 0.29) is 0 Å². The highest BCUT2D eigenvalue weighted by molar-refractivity contribution is 6.15.